The van der Waals surface area contributed by atoms with Gasteiger partial charge in [0.25, 0.3) is 10.0 Å². The van der Waals surface area contributed by atoms with Crippen LogP contribution < -0.4 is 9.46 Å². The number of sulfonamides is 1. The molecular weight excluding hydrogens is 392 g/mol. The van der Waals surface area contributed by atoms with Gasteiger partial charge in [0.2, 0.25) is 0 Å². The first-order valence-corrected chi connectivity index (χ1v) is 10.9. The van der Waals surface area contributed by atoms with Gasteiger partial charge in [0, 0.05) is 11.6 Å². The summed E-state index contributed by atoms with van der Waals surface area (Å²) in [5.74, 6) is 0.424. The molecule has 0 amide bonds. The Morgan fingerprint density at radius 2 is 1.71 bits per heavy atom. The first-order chi connectivity index (χ1) is 13.5. The lowest BCUT2D eigenvalue weighted by molar-refractivity contribution is 0.417. The van der Waals surface area contributed by atoms with Gasteiger partial charge in [-0.3, -0.25) is 4.72 Å². The van der Waals surface area contributed by atoms with Gasteiger partial charge in [0.05, 0.1) is 27.9 Å². The SMILES string of the molecule is COc1cc2nc(-c3ccccc3)sc2cc1NS(=O)(=O)c1ccc(C)cc1. The first-order valence-electron chi connectivity index (χ1n) is 8.60. The second-order valence-electron chi connectivity index (χ2n) is 6.32. The van der Waals surface area contributed by atoms with Crippen LogP contribution in [0.2, 0.25) is 0 Å². The van der Waals surface area contributed by atoms with E-state index in [9.17, 15) is 8.42 Å². The van der Waals surface area contributed by atoms with E-state index in [2.05, 4.69) is 9.71 Å². The van der Waals surface area contributed by atoms with Crippen LogP contribution in [0.3, 0.4) is 0 Å². The molecule has 4 rings (SSSR count). The highest BCUT2D eigenvalue weighted by atomic mass is 32.2. The smallest absolute Gasteiger partial charge is 0.262 e. The molecule has 1 heterocycles. The predicted molar refractivity (Wildman–Crippen MR) is 114 cm³/mol. The highest BCUT2D eigenvalue weighted by Crippen LogP contribution is 2.37. The van der Waals surface area contributed by atoms with Gasteiger partial charge in [-0.25, -0.2) is 13.4 Å². The lowest BCUT2D eigenvalue weighted by Crippen LogP contribution is -2.13. The lowest BCUT2D eigenvalue weighted by atomic mass is 10.2. The summed E-state index contributed by atoms with van der Waals surface area (Å²) >= 11 is 1.51. The minimum atomic E-state index is -3.72. The number of nitrogens with one attached hydrogen (secondary N) is 1. The summed E-state index contributed by atoms with van der Waals surface area (Å²) in [5.41, 5.74) is 3.17. The number of hydrogen-bond acceptors (Lipinski definition) is 5. The number of aromatic nitrogens is 1. The molecule has 28 heavy (non-hydrogen) atoms. The van der Waals surface area contributed by atoms with Gasteiger partial charge < -0.3 is 4.74 Å². The maximum absolute atomic E-state index is 12.8. The summed E-state index contributed by atoms with van der Waals surface area (Å²) in [6.07, 6.45) is 0. The number of rotatable bonds is 5. The van der Waals surface area contributed by atoms with Crippen LogP contribution in [-0.2, 0) is 10.0 Å². The molecule has 0 bridgehead atoms. The quantitative estimate of drug-likeness (QED) is 0.498. The van der Waals surface area contributed by atoms with Crippen LogP contribution in [0.15, 0.2) is 71.6 Å². The molecule has 7 heteroatoms. The minimum Gasteiger partial charge on any atom is -0.494 e. The standard InChI is InChI=1S/C21H18N2O3S2/c1-14-8-10-16(11-9-14)28(24,25)23-17-13-20-18(12-19(17)26-2)22-21(27-20)15-6-4-3-5-7-15/h3-13,23H,1-2H3. The van der Waals surface area contributed by atoms with Gasteiger partial charge in [-0.05, 0) is 25.1 Å². The Balaban J connectivity index is 1.75. The first kappa shape index (κ1) is 18.5. The fourth-order valence-corrected chi connectivity index (χ4v) is 4.88. The molecule has 142 valence electrons. The van der Waals surface area contributed by atoms with Gasteiger partial charge in [0.15, 0.2) is 0 Å². The van der Waals surface area contributed by atoms with Crippen LogP contribution in [0.1, 0.15) is 5.56 Å². The largest absolute Gasteiger partial charge is 0.494 e. The van der Waals surface area contributed by atoms with Crippen LogP contribution >= 0.6 is 11.3 Å². The van der Waals surface area contributed by atoms with Crippen LogP contribution in [0, 0.1) is 6.92 Å². The maximum atomic E-state index is 12.8. The van der Waals surface area contributed by atoms with Crippen molar-refractivity contribution >= 4 is 37.3 Å². The molecule has 0 radical (unpaired) electrons. The summed E-state index contributed by atoms with van der Waals surface area (Å²) in [6, 6.07) is 20.1. The van der Waals surface area contributed by atoms with Crippen LogP contribution in [0.5, 0.6) is 5.75 Å². The summed E-state index contributed by atoms with van der Waals surface area (Å²) in [7, 11) is -2.21. The van der Waals surface area contributed by atoms with E-state index in [-0.39, 0.29) is 4.90 Å². The van der Waals surface area contributed by atoms with E-state index in [4.69, 9.17) is 4.74 Å². The summed E-state index contributed by atoms with van der Waals surface area (Å²) in [5, 5.41) is 0.871. The van der Waals surface area contributed by atoms with Gasteiger partial charge in [0.1, 0.15) is 10.8 Å². The number of methoxy groups -OCH3 is 1. The number of ether oxygens (including phenoxy) is 1. The number of benzene rings is 3. The van der Waals surface area contributed by atoms with Crippen molar-refractivity contribution in [2.45, 2.75) is 11.8 Å². The van der Waals surface area contributed by atoms with Crippen LogP contribution in [0.25, 0.3) is 20.8 Å². The molecule has 0 atom stereocenters. The molecule has 0 saturated carbocycles. The van der Waals surface area contributed by atoms with E-state index in [0.29, 0.717) is 11.4 Å². The van der Waals surface area contributed by atoms with Crippen molar-refractivity contribution < 1.29 is 13.2 Å². The number of thiazole rings is 1. The zero-order valence-electron chi connectivity index (χ0n) is 15.3. The molecule has 0 aliphatic carbocycles. The topological polar surface area (TPSA) is 68.3 Å². The Kier molecular flexibility index (Phi) is 4.78. The second kappa shape index (κ2) is 7.26. The van der Waals surface area contributed by atoms with Gasteiger partial charge in [-0.1, -0.05) is 48.0 Å². The highest BCUT2D eigenvalue weighted by molar-refractivity contribution is 7.92. The molecule has 1 N–H and O–H groups in total. The third kappa shape index (κ3) is 3.58. The number of hydrogen-bond donors (Lipinski definition) is 1. The van der Waals surface area contributed by atoms with Crippen LogP contribution in [0.4, 0.5) is 5.69 Å². The molecule has 3 aromatic carbocycles. The molecular formula is C21H18N2O3S2. The Hall–Kier alpha value is -2.90. The maximum Gasteiger partial charge on any atom is 0.262 e. The fraction of sp³-hybridized carbons (Fsp3) is 0.0952. The van der Waals surface area contributed by atoms with Crippen LogP contribution in [-0.4, -0.2) is 20.5 Å². The zero-order chi connectivity index (χ0) is 19.7. The Bertz CT molecular complexity index is 1230. The minimum absolute atomic E-state index is 0.203. The van der Waals surface area contributed by atoms with Crippen molar-refractivity contribution in [1.29, 1.82) is 0 Å². The Labute approximate surface area is 167 Å². The average Bonchev–Trinajstić information content (AvgIpc) is 3.11. The Morgan fingerprint density at radius 1 is 1.00 bits per heavy atom. The normalized spacial score (nSPS) is 11.5. The van der Waals surface area contributed by atoms with Crippen molar-refractivity contribution in [3.05, 3.63) is 72.3 Å². The van der Waals surface area contributed by atoms with E-state index >= 15 is 0 Å². The third-order valence-electron chi connectivity index (χ3n) is 4.31. The monoisotopic (exact) mass is 410 g/mol. The molecule has 0 unspecified atom stereocenters. The van der Waals surface area contributed by atoms with Crippen molar-refractivity contribution in [2.24, 2.45) is 0 Å². The number of fused-ring (bicyclic) bond motifs is 1. The number of nitrogens with zero attached hydrogens (tertiary/aromatic N) is 1. The summed E-state index contributed by atoms with van der Waals surface area (Å²) < 4.78 is 34.5. The van der Waals surface area contributed by atoms with E-state index < -0.39 is 10.0 Å². The van der Waals surface area contributed by atoms with E-state index in [0.717, 1.165) is 26.4 Å². The van der Waals surface area contributed by atoms with E-state index in [1.165, 1.54) is 18.4 Å². The van der Waals surface area contributed by atoms with Crippen molar-refractivity contribution in [1.82, 2.24) is 4.98 Å². The van der Waals surface area contributed by atoms with E-state index in [1.807, 2.05) is 37.3 Å². The van der Waals surface area contributed by atoms with Crippen molar-refractivity contribution in [2.75, 3.05) is 11.8 Å². The summed E-state index contributed by atoms with van der Waals surface area (Å²) in [6.45, 7) is 1.91. The lowest BCUT2D eigenvalue weighted by Gasteiger charge is -2.12. The Morgan fingerprint density at radius 3 is 2.39 bits per heavy atom. The zero-order valence-corrected chi connectivity index (χ0v) is 17.0. The molecule has 5 nitrogen and oxygen atoms in total. The average molecular weight is 411 g/mol. The van der Waals surface area contributed by atoms with E-state index in [1.54, 1.807) is 36.4 Å². The van der Waals surface area contributed by atoms with Gasteiger partial charge in [-0.15, -0.1) is 11.3 Å². The number of aryl methyl sites for hydroxylation is 1. The molecule has 0 spiro atoms. The molecule has 4 aromatic rings. The highest BCUT2D eigenvalue weighted by Gasteiger charge is 2.18. The molecule has 1 aromatic heterocycles. The molecule has 0 aliphatic heterocycles. The van der Waals surface area contributed by atoms with Gasteiger partial charge in [-0.2, -0.15) is 0 Å². The molecule has 0 fully saturated rings. The number of anilines is 1. The third-order valence-corrected chi connectivity index (χ3v) is 6.75. The molecule has 0 aliphatic rings. The fourth-order valence-electron chi connectivity index (χ4n) is 2.83. The predicted octanol–water partition coefficient (Wildman–Crippen LogP) is 5.08. The van der Waals surface area contributed by atoms with Crippen molar-refractivity contribution in [3.63, 3.8) is 0 Å². The summed E-state index contributed by atoms with van der Waals surface area (Å²) in [4.78, 5) is 4.86. The molecule has 0 saturated heterocycles. The second-order valence-corrected chi connectivity index (χ2v) is 9.04. The van der Waals surface area contributed by atoms with Gasteiger partial charge >= 0.3 is 0 Å². The van der Waals surface area contributed by atoms with Crippen molar-refractivity contribution in [3.8, 4) is 16.3 Å².